The number of methoxy groups -OCH3 is 1. The molecule has 0 rings (SSSR count). The van der Waals surface area contributed by atoms with Gasteiger partial charge in [-0.1, -0.05) is 18.7 Å². The first-order chi connectivity index (χ1) is 5.35. The van der Waals surface area contributed by atoms with Crippen molar-refractivity contribution >= 4 is 0 Å². The maximum atomic E-state index is 5.39. The fourth-order valence-electron chi connectivity index (χ4n) is 0.618. The number of rotatable bonds is 5. The molecule has 62 valence electrons. The summed E-state index contributed by atoms with van der Waals surface area (Å²) in [5, 5.41) is 0. The first kappa shape index (κ1) is 10.2. The second-order valence-electron chi connectivity index (χ2n) is 2.12. The molecule has 0 atom stereocenters. The largest absolute Gasteiger partial charge is 0.381 e. The van der Waals surface area contributed by atoms with Gasteiger partial charge in [-0.25, -0.2) is 0 Å². The lowest BCUT2D eigenvalue weighted by Crippen LogP contribution is -2.00. The average molecular weight is 153 g/mol. The van der Waals surface area contributed by atoms with Gasteiger partial charge in [-0.05, 0) is 12.0 Å². The van der Waals surface area contributed by atoms with Gasteiger partial charge in [0.15, 0.2) is 0 Å². The molecule has 0 amide bonds. The van der Waals surface area contributed by atoms with Crippen LogP contribution in [0.3, 0.4) is 0 Å². The predicted octanol–water partition coefficient (Wildman–Crippen LogP) is 1.25. The van der Waals surface area contributed by atoms with Crippen LogP contribution < -0.4 is 5.73 Å². The van der Waals surface area contributed by atoms with Crippen LogP contribution in [0.25, 0.3) is 0 Å². The Hall–Kier alpha value is -0.820. The number of hydrogen-bond donors (Lipinski definition) is 1. The molecule has 0 aromatic carbocycles. The molecule has 0 aliphatic rings. The van der Waals surface area contributed by atoms with Crippen molar-refractivity contribution in [1.29, 1.82) is 0 Å². The molecule has 0 radical (unpaired) electrons. The Morgan fingerprint density at radius 1 is 1.64 bits per heavy atom. The van der Waals surface area contributed by atoms with Gasteiger partial charge in [0, 0.05) is 13.7 Å². The van der Waals surface area contributed by atoms with E-state index < -0.39 is 0 Å². The standard InChI is InChI=1S/C9H15NO/c1-3-9(8-10)6-4-5-7-11-2/h4-5H,1,6-8,10H2,2H3. The number of ether oxygens (including phenoxy) is 1. The number of hydrogen-bond acceptors (Lipinski definition) is 2. The van der Waals surface area contributed by atoms with Crippen LogP contribution >= 0.6 is 0 Å². The summed E-state index contributed by atoms with van der Waals surface area (Å²) in [6.07, 6.45) is 4.78. The van der Waals surface area contributed by atoms with Crippen LogP contribution in [-0.4, -0.2) is 20.3 Å². The molecule has 2 N–H and O–H groups in total. The van der Waals surface area contributed by atoms with Gasteiger partial charge < -0.3 is 10.5 Å². The molecule has 0 saturated heterocycles. The minimum Gasteiger partial charge on any atom is -0.381 e. The molecule has 0 unspecified atom stereocenters. The van der Waals surface area contributed by atoms with Crippen LogP contribution in [0, 0.1) is 0 Å². The summed E-state index contributed by atoms with van der Waals surface area (Å²) < 4.78 is 4.83. The molecule has 0 spiro atoms. The van der Waals surface area contributed by atoms with E-state index >= 15 is 0 Å². The van der Waals surface area contributed by atoms with Gasteiger partial charge in [-0.15, -0.1) is 5.73 Å². The Kier molecular flexibility index (Phi) is 6.75. The van der Waals surface area contributed by atoms with E-state index in [2.05, 4.69) is 12.3 Å². The molecular formula is C9H15NO. The molecule has 2 nitrogen and oxygen atoms in total. The SMILES string of the molecule is C=C=C(CN)CC=CCOC. The Morgan fingerprint density at radius 2 is 2.36 bits per heavy atom. The monoisotopic (exact) mass is 153 g/mol. The normalized spacial score (nSPS) is 10.0. The second-order valence-corrected chi connectivity index (χ2v) is 2.12. The van der Waals surface area contributed by atoms with E-state index in [9.17, 15) is 0 Å². The summed E-state index contributed by atoms with van der Waals surface area (Å²) in [5.74, 6) is 0. The zero-order valence-corrected chi connectivity index (χ0v) is 6.97. The summed E-state index contributed by atoms with van der Waals surface area (Å²) in [6.45, 7) is 4.70. The summed E-state index contributed by atoms with van der Waals surface area (Å²) in [5.41, 5.74) is 9.20. The first-order valence-corrected chi connectivity index (χ1v) is 3.57. The molecule has 0 aliphatic carbocycles. The van der Waals surface area contributed by atoms with Crippen LogP contribution in [-0.2, 0) is 4.74 Å². The van der Waals surface area contributed by atoms with Crippen molar-refractivity contribution in [1.82, 2.24) is 0 Å². The summed E-state index contributed by atoms with van der Waals surface area (Å²) in [7, 11) is 1.66. The Bertz CT molecular complexity index is 166. The molecule has 11 heavy (non-hydrogen) atoms. The lowest BCUT2D eigenvalue weighted by atomic mass is 10.2. The maximum Gasteiger partial charge on any atom is 0.0643 e. The lowest BCUT2D eigenvalue weighted by molar-refractivity contribution is 0.233. The number of allylic oxidation sites excluding steroid dienone is 1. The minimum absolute atomic E-state index is 0.529. The van der Waals surface area contributed by atoms with Gasteiger partial charge in [0.2, 0.25) is 0 Å². The van der Waals surface area contributed by atoms with Crippen LogP contribution in [0.5, 0.6) is 0 Å². The average Bonchev–Trinajstić information content (AvgIpc) is 2.05. The smallest absolute Gasteiger partial charge is 0.0643 e. The third kappa shape index (κ3) is 5.62. The van der Waals surface area contributed by atoms with E-state index in [-0.39, 0.29) is 0 Å². The zero-order valence-electron chi connectivity index (χ0n) is 6.97. The summed E-state index contributed by atoms with van der Waals surface area (Å²) in [4.78, 5) is 0. The van der Waals surface area contributed by atoms with E-state index in [0.29, 0.717) is 13.2 Å². The van der Waals surface area contributed by atoms with Crippen LogP contribution in [0.1, 0.15) is 6.42 Å². The van der Waals surface area contributed by atoms with Crippen molar-refractivity contribution < 1.29 is 4.74 Å². The van der Waals surface area contributed by atoms with E-state index in [1.807, 2.05) is 12.2 Å². The van der Waals surface area contributed by atoms with Crippen molar-refractivity contribution in [2.75, 3.05) is 20.3 Å². The van der Waals surface area contributed by atoms with Crippen molar-refractivity contribution in [3.8, 4) is 0 Å². The third-order valence-corrected chi connectivity index (χ3v) is 1.29. The Labute approximate surface area is 68.0 Å². The highest BCUT2D eigenvalue weighted by atomic mass is 16.5. The van der Waals surface area contributed by atoms with E-state index in [0.717, 1.165) is 12.0 Å². The van der Waals surface area contributed by atoms with Gasteiger partial charge in [0.05, 0.1) is 6.61 Å². The van der Waals surface area contributed by atoms with E-state index in [1.54, 1.807) is 7.11 Å². The van der Waals surface area contributed by atoms with Gasteiger partial charge in [0.1, 0.15) is 0 Å². The van der Waals surface area contributed by atoms with Gasteiger partial charge in [-0.3, -0.25) is 0 Å². The van der Waals surface area contributed by atoms with Crippen molar-refractivity contribution in [2.45, 2.75) is 6.42 Å². The highest BCUT2D eigenvalue weighted by Gasteiger charge is 1.86. The summed E-state index contributed by atoms with van der Waals surface area (Å²) in [6, 6.07) is 0. The van der Waals surface area contributed by atoms with Crippen LogP contribution in [0.15, 0.2) is 30.0 Å². The molecule has 0 fully saturated rings. The first-order valence-electron chi connectivity index (χ1n) is 3.57. The third-order valence-electron chi connectivity index (χ3n) is 1.29. The van der Waals surface area contributed by atoms with Crippen molar-refractivity contribution in [3.63, 3.8) is 0 Å². The van der Waals surface area contributed by atoms with Crippen molar-refractivity contribution in [2.24, 2.45) is 5.73 Å². The van der Waals surface area contributed by atoms with E-state index in [4.69, 9.17) is 10.5 Å². The molecule has 0 bridgehead atoms. The van der Waals surface area contributed by atoms with Gasteiger partial charge in [0.25, 0.3) is 0 Å². The quantitative estimate of drug-likeness (QED) is 0.476. The highest BCUT2D eigenvalue weighted by Crippen LogP contribution is 1.96. The predicted molar refractivity (Wildman–Crippen MR) is 47.3 cm³/mol. The highest BCUT2D eigenvalue weighted by molar-refractivity contribution is 5.06. The maximum absolute atomic E-state index is 5.39. The fourth-order valence-corrected chi connectivity index (χ4v) is 0.618. The molecule has 0 heterocycles. The van der Waals surface area contributed by atoms with Gasteiger partial charge >= 0.3 is 0 Å². The minimum atomic E-state index is 0.529. The van der Waals surface area contributed by atoms with Crippen LogP contribution in [0.2, 0.25) is 0 Å². The van der Waals surface area contributed by atoms with E-state index in [1.165, 1.54) is 0 Å². The lowest BCUT2D eigenvalue weighted by Gasteiger charge is -1.94. The molecule has 0 aromatic rings. The topological polar surface area (TPSA) is 35.2 Å². The van der Waals surface area contributed by atoms with Crippen molar-refractivity contribution in [3.05, 3.63) is 30.0 Å². The Morgan fingerprint density at radius 3 is 2.82 bits per heavy atom. The molecule has 0 saturated carbocycles. The van der Waals surface area contributed by atoms with Crippen LogP contribution in [0.4, 0.5) is 0 Å². The molecule has 0 aliphatic heterocycles. The molecule has 2 heteroatoms. The molecular weight excluding hydrogens is 138 g/mol. The number of nitrogens with two attached hydrogens (primary N) is 1. The molecule has 0 aromatic heterocycles. The Balaban J connectivity index is 3.59. The zero-order chi connectivity index (χ0) is 8.53. The summed E-state index contributed by atoms with van der Waals surface area (Å²) >= 11 is 0. The fraction of sp³-hybridized carbons (Fsp3) is 0.444. The van der Waals surface area contributed by atoms with Gasteiger partial charge in [-0.2, -0.15) is 0 Å². The second kappa shape index (κ2) is 7.29.